The van der Waals surface area contributed by atoms with Gasteiger partial charge >= 0.3 is 6.36 Å². The van der Waals surface area contributed by atoms with Crippen molar-refractivity contribution >= 4 is 27.5 Å². The Morgan fingerprint density at radius 2 is 1.92 bits per heavy atom. The van der Waals surface area contributed by atoms with Gasteiger partial charge in [0.25, 0.3) is 10.0 Å². The first-order valence-corrected chi connectivity index (χ1v) is 9.25. The second kappa shape index (κ2) is 7.83. The lowest BCUT2D eigenvalue weighted by Crippen LogP contribution is -2.31. The summed E-state index contributed by atoms with van der Waals surface area (Å²) in [6.07, 6.45) is -1.52. The van der Waals surface area contributed by atoms with E-state index in [2.05, 4.69) is 9.11 Å². The van der Waals surface area contributed by atoms with Gasteiger partial charge in [0.1, 0.15) is 23.8 Å². The van der Waals surface area contributed by atoms with E-state index in [1.165, 1.54) is 18.5 Å². The van der Waals surface area contributed by atoms with E-state index in [9.17, 15) is 21.6 Å². The van der Waals surface area contributed by atoms with E-state index in [-0.39, 0.29) is 17.1 Å². The molecule has 1 heterocycles. The molecule has 1 aromatic carbocycles. The third-order valence-corrected chi connectivity index (χ3v) is 5.21. The third kappa shape index (κ3) is 5.16. The fourth-order valence-corrected chi connectivity index (χ4v) is 3.83. The van der Waals surface area contributed by atoms with E-state index in [1.54, 1.807) is 6.92 Å². The molecule has 0 amide bonds. The number of ether oxygens (including phenoxy) is 1. The van der Waals surface area contributed by atoms with Crippen molar-refractivity contribution in [3.05, 3.63) is 42.8 Å². The summed E-state index contributed by atoms with van der Waals surface area (Å²) in [7, 11) is -3.98. The summed E-state index contributed by atoms with van der Waals surface area (Å²) >= 11 is 0.911. The molecular formula is C14H15F3N2O4S2. The predicted octanol–water partition coefficient (Wildman–Crippen LogP) is 4.30. The van der Waals surface area contributed by atoms with E-state index in [0.717, 1.165) is 40.4 Å². The van der Waals surface area contributed by atoms with Crippen LogP contribution in [0.2, 0.25) is 0 Å². The van der Waals surface area contributed by atoms with Crippen LogP contribution in [0.3, 0.4) is 0 Å². The number of aromatic nitrogens is 1. The van der Waals surface area contributed by atoms with Crippen LogP contribution in [0.4, 0.5) is 18.9 Å². The number of hydrogen-bond donors (Lipinski definition) is 1. The number of halogens is 3. The average molecular weight is 396 g/mol. The molecule has 0 aliphatic carbocycles. The van der Waals surface area contributed by atoms with E-state index < -0.39 is 22.1 Å². The van der Waals surface area contributed by atoms with E-state index in [1.807, 2.05) is 0 Å². The number of sulfonamides is 1. The van der Waals surface area contributed by atoms with Crippen LogP contribution in [0.5, 0.6) is 5.75 Å². The summed E-state index contributed by atoms with van der Waals surface area (Å²) in [6, 6.07) is 5.56. The number of benzene rings is 1. The molecule has 0 fully saturated rings. The lowest BCUT2D eigenvalue weighted by Gasteiger charge is -2.22. The van der Waals surface area contributed by atoms with Gasteiger partial charge in [-0.25, -0.2) is 8.42 Å². The number of H-pyrrole nitrogens is 1. The molecule has 0 unspecified atom stereocenters. The van der Waals surface area contributed by atoms with E-state index in [4.69, 9.17) is 3.85 Å². The van der Waals surface area contributed by atoms with Gasteiger partial charge < -0.3 is 8.59 Å². The molecule has 0 saturated heterocycles. The number of nitrogens with zero attached hydrogens (tertiary/aromatic N) is 1. The molecule has 138 valence electrons. The van der Waals surface area contributed by atoms with Crippen molar-refractivity contribution in [2.75, 3.05) is 10.8 Å². The first-order chi connectivity index (χ1) is 11.7. The zero-order chi connectivity index (χ0) is 18.5. The SMILES string of the molecule is CCCN(c1cc[nH]soc1)S(=O)(=O)c1ccc(OC(F)(F)F)cc1. The molecule has 0 saturated carbocycles. The lowest BCUT2D eigenvalue weighted by molar-refractivity contribution is -0.274. The van der Waals surface area contributed by atoms with Crippen LogP contribution in [0.25, 0.3) is 0 Å². The highest BCUT2D eigenvalue weighted by atomic mass is 32.2. The van der Waals surface area contributed by atoms with Crippen molar-refractivity contribution in [1.82, 2.24) is 4.37 Å². The molecule has 2 rings (SSSR count). The zero-order valence-electron chi connectivity index (χ0n) is 13.0. The molecule has 11 heteroatoms. The lowest BCUT2D eigenvalue weighted by atomic mass is 10.3. The number of anilines is 1. The predicted molar refractivity (Wildman–Crippen MR) is 86.5 cm³/mol. The Balaban J connectivity index is 2.37. The van der Waals surface area contributed by atoms with Crippen molar-refractivity contribution < 1.29 is 30.2 Å². The van der Waals surface area contributed by atoms with Gasteiger partial charge in [-0.3, -0.25) is 8.68 Å². The highest BCUT2D eigenvalue weighted by Gasteiger charge is 2.31. The van der Waals surface area contributed by atoms with Crippen LogP contribution >= 0.6 is 11.8 Å². The Hall–Kier alpha value is -2.14. The van der Waals surface area contributed by atoms with Crippen LogP contribution in [-0.2, 0) is 10.0 Å². The molecule has 2 aromatic rings. The topological polar surface area (TPSA) is 75.5 Å². The quantitative estimate of drug-likeness (QED) is 0.790. The van der Waals surface area contributed by atoms with E-state index in [0.29, 0.717) is 6.42 Å². The first-order valence-electron chi connectivity index (χ1n) is 7.07. The minimum Gasteiger partial charge on any atom is -0.406 e. The molecule has 1 N–H and O–H groups in total. The number of hydrogen-bond acceptors (Lipinski definition) is 5. The normalized spacial score (nSPS) is 11.8. The molecule has 0 spiro atoms. The number of aromatic amines is 1. The monoisotopic (exact) mass is 396 g/mol. The van der Waals surface area contributed by atoms with Gasteiger partial charge in [0.2, 0.25) is 0 Å². The first kappa shape index (κ1) is 19.2. The van der Waals surface area contributed by atoms with Crippen molar-refractivity contribution in [2.24, 2.45) is 0 Å². The fraction of sp³-hybridized carbons (Fsp3) is 0.286. The van der Waals surface area contributed by atoms with Gasteiger partial charge in [0.15, 0.2) is 0 Å². The largest absolute Gasteiger partial charge is 0.573 e. The molecule has 0 radical (unpaired) electrons. The maximum absolute atomic E-state index is 12.8. The van der Waals surface area contributed by atoms with Crippen LogP contribution in [0, 0.1) is 0 Å². The minimum absolute atomic E-state index is 0.158. The van der Waals surface area contributed by atoms with Crippen molar-refractivity contribution in [2.45, 2.75) is 24.6 Å². The number of nitrogens with one attached hydrogen (secondary N) is 1. The standard InChI is InChI=1S/C14H15F3N2O4S2/c1-2-9-19(11-7-8-18-24-22-10-11)25(20,21)13-5-3-12(4-6-13)23-14(15,16)17/h3-8,10,18H,2,9H2,1H3. The summed E-state index contributed by atoms with van der Waals surface area (Å²) < 4.78 is 74.9. The summed E-state index contributed by atoms with van der Waals surface area (Å²) in [6.45, 7) is 1.98. The summed E-state index contributed by atoms with van der Waals surface area (Å²) in [5.41, 5.74) is 0.287. The van der Waals surface area contributed by atoms with Crippen molar-refractivity contribution in [3.8, 4) is 5.75 Å². The Morgan fingerprint density at radius 3 is 2.52 bits per heavy atom. The smallest absolute Gasteiger partial charge is 0.406 e. The Kier molecular flexibility index (Phi) is 6.01. The van der Waals surface area contributed by atoms with Gasteiger partial charge in [-0.15, -0.1) is 13.2 Å². The van der Waals surface area contributed by atoms with Gasteiger partial charge in [0.05, 0.1) is 10.6 Å². The Morgan fingerprint density at radius 1 is 1.24 bits per heavy atom. The second-order valence-corrected chi connectivity index (χ2v) is 7.23. The zero-order valence-corrected chi connectivity index (χ0v) is 14.6. The van der Waals surface area contributed by atoms with Crippen LogP contribution < -0.4 is 9.04 Å². The van der Waals surface area contributed by atoms with Crippen molar-refractivity contribution in [1.29, 1.82) is 0 Å². The highest BCUT2D eigenvalue weighted by Crippen LogP contribution is 2.27. The molecule has 0 bridgehead atoms. The van der Waals surface area contributed by atoms with Gasteiger partial charge in [-0.2, -0.15) is 0 Å². The van der Waals surface area contributed by atoms with Crippen LogP contribution in [-0.4, -0.2) is 25.7 Å². The summed E-state index contributed by atoms with van der Waals surface area (Å²) in [4.78, 5) is -0.158. The molecule has 0 aliphatic rings. The molecule has 0 aliphatic heterocycles. The highest BCUT2D eigenvalue weighted by molar-refractivity contribution is 7.92. The molecule has 1 aromatic heterocycles. The van der Waals surface area contributed by atoms with Gasteiger partial charge in [0, 0.05) is 12.7 Å². The minimum atomic E-state index is -4.84. The molecular weight excluding hydrogens is 381 g/mol. The second-order valence-electron chi connectivity index (χ2n) is 4.77. The third-order valence-electron chi connectivity index (χ3n) is 2.95. The number of alkyl halides is 3. The summed E-state index contributed by atoms with van der Waals surface area (Å²) in [5, 5.41) is 0. The molecule has 0 atom stereocenters. The van der Waals surface area contributed by atoms with Gasteiger partial charge in [-0.05, 0) is 36.8 Å². The average Bonchev–Trinajstić information content (AvgIpc) is 2.80. The fourth-order valence-electron chi connectivity index (χ4n) is 1.96. The van der Waals surface area contributed by atoms with Gasteiger partial charge in [-0.1, -0.05) is 6.92 Å². The maximum atomic E-state index is 12.8. The summed E-state index contributed by atoms with van der Waals surface area (Å²) in [5.74, 6) is -0.494. The van der Waals surface area contributed by atoms with Crippen molar-refractivity contribution in [3.63, 3.8) is 0 Å². The number of rotatable bonds is 6. The molecule has 25 heavy (non-hydrogen) atoms. The Bertz CT molecular complexity index is 802. The Labute approximate surface area is 146 Å². The van der Waals surface area contributed by atoms with Crippen LogP contribution in [0.1, 0.15) is 13.3 Å². The maximum Gasteiger partial charge on any atom is 0.573 e. The van der Waals surface area contributed by atoms with E-state index >= 15 is 0 Å². The van der Waals surface area contributed by atoms with Crippen LogP contribution in [0.15, 0.2) is 51.5 Å². The molecule has 6 nitrogen and oxygen atoms in total.